The summed E-state index contributed by atoms with van der Waals surface area (Å²) in [5, 5.41) is 2.74. The summed E-state index contributed by atoms with van der Waals surface area (Å²) >= 11 is 6.30. The van der Waals surface area contributed by atoms with E-state index in [0.717, 1.165) is 6.07 Å². The predicted molar refractivity (Wildman–Crippen MR) is 105 cm³/mol. The smallest absolute Gasteiger partial charge is 0.416 e. The van der Waals surface area contributed by atoms with E-state index in [1.807, 2.05) is 0 Å². The van der Waals surface area contributed by atoms with Gasteiger partial charge < -0.3 is 14.6 Å². The maximum absolute atomic E-state index is 13.3. The van der Waals surface area contributed by atoms with Crippen LogP contribution in [0.3, 0.4) is 0 Å². The first-order valence-corrected chi connectivity index (χ1v) is 9.20. The Morgan fingerprint density at radius 1 is 1.20 bits per heavy atom. The number of furan rings is 1. The largest absolute Gasteiger partial charge is 0.459 e. The molecular weight excluding hydrogens is 421 g/mol. The number of benzene rings is 2. The quantitative estimate of drug-likeness (QED) is 0.577. The molecule has 2 heterocycles. The fourth-order valence-corrected chi connectivity index (χ4v) is 3.67. The third-order valence-corrected chi connectivity index (χ3v) is 5.14. The van der Waals surface area contributed by atoms with E-state index in [-0.39, 0.29) is 34.1 Å². The molecule has 30 heavy (non-hydrogen) atoms. The zero-order valence-electron chi connectivity index (χ0n) is 15.5. The third-order valence-electron chi connectivity index (χ3n) is 4.84. The number of halogens is 4. The molecule has 0 unspecified atom stereocenters. The van der Waals surface area contributed by atoms with Gasteiger partial charge in [0.25, 0.3) is 11.8 Å². The Kier molecular flexibility index (Phi) is 4.82. The number of nitrogens with zero attached hydrogens (tertiary/aromatic N) is 1. The van der Waals surface area contributed by atoms with Crippen molar-refractivity contribution in [2.75, 3.05) is 10.2 Å². The number of hydrogen-bond donors (Lipinski definition) is 1. The Balaban J connectivity index is 1.60. The molecule has 0 saturated carbocycles. The molecule has 0 aliphatic carbocycles. The van der Waals surface area contributed by atoms with Crippen molar-refractivity contribution in [3.63, 3.8) is 0 Å². The molecule has 1 aliphatic heterocycles. The Hall–Kier alpha value is -3.26. The van der Waals surface area contributed by atoms with Gasteiger partial charge in [0.1, 0.15) is 0 Å². The molecule has 3 aromatic rings. The van der Waals surface area contributed by atoms with Crippen molar-refractivity contribution in [3.05, 3.63) is 81.8 Å². The highest BCUT2D eigenvalue weighted by atomic mass is 35.5. The Morgan fingerprint density at radius 2 is 1.97 bits per heavy atom. The number of nitrogens with one attached hydrogen (secondary N) is 1. The van der Waals surface area contributed by atoms with Crippen LogP contribution in [0.2, 0.25) is 5.02 Å². The SMILES string of the molecule is Cc1ccoc1C(=O)Nc1ccc(N2Cc3c(cccc3C(F)(F)F)C2=O)c(Cl)c1. The molecule has 9 heteroatoms. The molecule has 0 atom stereocenters. The number of rotatable bonds is 3. The average Bonchev–Trinajstić information content (AvgIpc) is 3.25. The van der Waals surface area contributed by atoms with Gasteiger partial charge in [0.2, 0.25) is 0 Å². The molecule has 2 aromatic carbocycles. The number of alkyl halides is 3. The van der Waals surface area contributed by atoms with Crippen molar-refractivity contribution < 1.29 is 27.2 Å². The van der Waals surface area contributed by atoms with E-state index >= 15 is 0 Å². The number of fused-ring (bicyclic) bond motifs is 1. The van der Waals surface area contributed by atoms with Crippen molar-refractivity contribution in [2.45, 2.75) is 19.6 Å². The van der Waals surface area contributed by atoms with Gasteiger partial charge in [0.05, 0.1) is 29.1 Å². The Bertz CT molecular complexity index is 1170. The normalized spacial score (nSPS) is 13.5. The van der Waals surface area contributed by atoms with Crippen molar-refractivity contribution in [1.29, 1.82) is 0 Å². The summed E-state index contributed by atoms with van der Waals surface area (Å²) in [4.78, 5) is 26.1. The lowest BCUT2D eigenvalue weighted by Crippen LogP contribution is -2.23. The van der Waals surface area contributed by atoms with Gasteiger partial charge in [-0.3, -0.25) is 9.59 Å². The molecule has 0 radical (unpaired) electrons. The first kappa shape index (κ1) is 20.0. The third kappa shape index (κ3) is 3.43. The second kappa shape index (κ2) is 7.21. The maximum atomic E-state index is 13.3. The summed E-state index contributed by atoms with van der Waals surface area (Å²) in [6.45, 7) is 1.47. The Morgan fingerprint density at radius 3 is 2.60 bits per heavy atom. The van der Waals surface area contributed by atoms with Crippen LogP contribution in [-0.4, -0.2) is 11.8 Å². The van der Waals surface area contributed by atoms with E-state index in [9.17, 15) is 22.8 Å². The first-order valence-electron chi connectivity index (χ1n) is 8.83. The minimum Gasteiger partial charge on any atom is -0.459 e. The van der Waals surface area contributed by atoms with E-state index in [1.165, 1.54) is 41.5 Å². The predicted octanol–water partition coefficient (Wildman–Crippen LogP) is 5.67. The van der Waals surface area contributed by atoms with Crippen molar-refractivity contribution in [3.8, 4) is 0 Å². The second-order valence-electron chi connectivity index (χ2n) is 6.77. The fraction of sp³-hybridized carbons (Fsp3) is 0.143. The molecule has 154 valence electrons. The first-order chi connectivity index (χ1) is 14.2. The number of carbonyl (C=O) groups is 2. The number of hydrogen-bond acceptors (Lipinski definition) is 3. The molecule has 0 spiro atoms. The van der Waals surface area contributed by atoms with E-state index in [2.05, 4.69) is 5.32 Å². The monoisotopic (exact) mass is 434 g/mol. The minimum absolute atomic E-state index is 0.00781. The average molecular weight is 435 g/mol. The van der Waals surface area contributed by atoms with Gasteiger partial charge in [-0.1, -0.05) is 17.7 Å². The molecule has 5 nitrogen and oxygen atoms in total. The molecule has 1 N–H and O–H groups in total. The summed E-state index contributed by atoms with van der Waals surface area (Å²) < 4.78 is 45.0. The number of anilines is 2. The number of amides is 2. The standard InChI is InChI=1S/C21H14ClF3N2O3/c1-11-7-8-30-18(11)19(28)26-12-5-6-17(16(22)9-12)27-10-14-13(20(27)29)3-2-4-15(14)21(23,24)25/h2-9H,10H2,1H3,(H,26,28). The van der Waals surface area contributed by atoms with Crippen LogP contribution < -0.4 is 10.2 Å². The van der Waals surface area contributed by atoms with Crippen LogP contribution in [0, 0.1) is 6.92 Å². The van der Waals surface area contributed by atoms with Gasteiger partial charge in [0.15, 0.2) is 5.76 Å². The lowest BCUT2D eigenvalue weighted by molar-refractivity contribution is -0.138. The lowest BCUT2D eigenvalue weighted by Gasteiger charge is -2.18. The van der Waals surface area contributed by atoms with E-state index in [4.69, 9.17) is 16.0 Å². The molecule has 2 amide bonds. The molecule has 0 fully saturated rings. The molecule has 0 bridgehead atoms. The van der Waals surface area contributed by atoms with Crippen LogP contribution in [0.5, 0.6) is 0 Å². The summed E-state index contributed by atoms with van der Waals surface area (Å²) in [7, 11) is 0. The van der Waals surface area contributed by atoms with Crippen molar-refractivity contribution in [1.82, 2.24) is 0 Å². The highest BCUT2D eigenvalue weighted by Gasteiger charge is 2.40. The van der Waals surface area contributed by atoms with Gasteiger partial charge in [-0.15, -0.1) is 0 Å². The zero-order valence-corrected chi connectivity index (χ0v) is 16.3. The van der Waals surface area contributed by atoms with Crippen LogP contribution >= 0.6 is 11.6 Å². The summed E-state index contributed by atoms with van der Waals surface area (Å²) in [5.74, 6) is -0.887. The molecule has 1 aliphatic rings. The number of carbonyl (C=O) groups excluding carboxylic acids is 2. The second-order valence-corrected chi connectivity index (χ2v) is 7.18. The maximum Gasteiger partial charge on any atom is 0.416 e. The fourth-order valence-electron chi connectivity index (χ4n) is 3.39. The summed E-state index contributed by atoms with van der Waals surface area (Å²) in [6.07, 6.45) is -3.17. The van der Waals surface area contributed by atoms with E-state index < -0.39 is 23.6 Å². The molecule has 0 saturated heterocycles. The summed E-state index contributed by atoms with van der Waals surface area (Å²) in [5.41, 5.74) is 0.326. The van der Waals surface area contributed by atoms with E-state index in [0.29, 0.717) is 11.3 Å². The molecule has 1 aromatic heterocycles. The highest BCUT2D eigenvalue weighted by Crippen LogP contribution is 2.40. The van der Waals surface area contributed by atoms with Gasteiger partial charge in [-0.05, 0) is 48.9 Å². The Labute approximate surface area is 174 Å². The number of aryl methyl sites for hydroxylation is 1. The van der Waals surface area contributed by atoms with Gasteiger partial charge in [-0.2, -0.15) is 13.2 Å². The highest BCUT2D eigenvalue weighted by molar-refractivity contribution is 6.34. The zero-order chi connectivity index (χ0) is 21.6. The lowest BCUT2D eigenvalue weighted by atomic mass is 10.0. The van der Waals surface area contributed by atoms with E-state index in [1.54, 1.807) is 13.0 Å². The van der Waals surface area contributed by atoms with Crippen LogP contribution in [0.4, 0.5) is 24.5 Å². The van der Waals surface area contributed by atoms with Gasteiger partial charge in [0, 0.05) is 16.8 Å². The van der Waals surface area contributed by atoms with Crippen molar-refractivity contribution >= 4 is 34.8 Å². The van der Waals surface area contributed by atoms with Gasteiger partial charge in [-0.25, -0.2) is 0 Å². The topological polar surface area (TPSA) is 62.6 Å². The van der Waals surface area contributed by atoms with Crippen molar-refractivity contribution in [2.24, 2.45) is 0 Å². The minimum atomic E-state index is -4.57. The summed E-state index contributed by atoms with van der Waals surface area (Å²) in [6, 6.07) is 9.58. The van der Waals surface area contributed by atoms with Crippen LogP contribution in [0.1, 0.15) is 37.6 Å². The van der Waals surface area contributed by atoms with Crippen LogP contribution in [0.15, 0.2) is 53.1 Å². The molecular formula is C21H14ClF3N2O3. The van der Waals surface area contributed by atoms with Gasteiger partial charge >= 0.3 is 6.18 Å². The van der Waals surface area contributed by atoms with Crippen LogP contribution in [-0.2, 0) is 12.7 Å². The van der Waals surface area contributed by atoms with Crippen LogP contribution in [0.25, 0.3) is 0 Å². The molecule has 4 rings (SSSR count).